The predicted molar refractivity (Wildman–Crippen MR) is 156 cm³/mol. The largest absolute Gasteiger partial charge is 0.341 e. The number of rotatable bonds is 3. The van der Waals surface area contributed by atoms with Crippen molar-refractivity contribution in [2.24, 2.45) is 0 Å². The van der Waals surface area contributed by atoms with Crippen molar-refractivity contribution >= 4 is 59.6 Å². The number of hydrogen-bond donors (Lipinski definition) is 0. The molecule has 0 spiro atoms. The van der Waals surface area contributed by atoms with E-state index in [0.717, 1.165) is 23.1 Å². The molecule has 0 fully saturated rings. The van der Waals surface area contributed by atoms with Crippen LogP contribution in [0.25, 0.3) is 70.6 Å². The number of aromatic nitrogens is 3. The van der Waals surface area contributed by atoms with Crippen molar-refractivity contribution in [3.63, 3.8) is 0 Å². The van der Waals surface area contributed by atoms with Gasteiger partial charge in [0.25, 0.3) is 0 Å². The quantitative estimate of drug-likeness (QED) is 0.171. The molecule has 0 aliphatic heterocycles. The van der Waals surface area contributed by atoms with Gasteiger partial charge in [0.05, 0.1) is 5.52 Å². The molecule has 0 saturated carbocycles. The van der Waals surface area contributed by atoms with Gasteiger partial charge < -0.3 is 4.57 Å². The standard InChI is InChI=1S/C33H22N3S.Ir/c1-2-35-29-9-4-3-8-25(29)27-19-23(10-12-30(27)35)21-6-5-7-22(18-21)24-11-13-31-28(20-24)26-15-17-37-33(26)32-14-16-34-36(31)32;/h3-12,14-20H,2H2,1H3;/q-1;. The minimum absolute atomic E-state index is 0. The van der Waals surface area contributed by atoms with Crippen LogP contribution in [-0.2, 0) is 26.7 Å². The number of thiophene rings is 1. The van der Waals surface area contributed by atoms with Gasteiger partial charge in [-0.25, -0.2) is 0 Å². The van der Waals surface area contributed by atoms with Crippen molar-refractivity contribution in [1.29, 1.82) is 0 Å². The number of fused-ring (bicyclic) bond motifs is 9. The zero-order valence-corrected chi connectivity index (χ0v) is 23.8. The molecule has 0 unspecified atom stereocenters. The van der Waals surface area contributed by atoms with E-state index in [-0.39, 0.29) is 20.1 Å². The molecule has 4 aromatic carbocycles. The van der Waals surface area contributed by atoms with Gasteiger partial charge in [-0.15, -0.1) is 22.3 Å². The van der Waals surface area contributed by atoms with Crippen molar-refractivity contribution < 1.29 is 20.1 Å². The van der Waals surface area contributed by atoms with Crippen LogP contribution >= 0.6 is 11.3 Å². The molecule has 38 heavy (non-hydrogen) atoms. The summed E-state index contributed by atoms with van der Waals surface area (Å²) in [7, 11) is 0. The molecule has 0 aliphatic rings. The van der Waals surface area contributed by atoms with Gasteiger partial charge >= 0.3 is 0 Å². The van der Waals surface area contributed by atoms with E-state index in [2.05, 4.69) is 119 Å². The number of nitrogens with zero attached hydrogens (tertiary/aromatic N) is 3. The predicted octanol–water partition coefficient (Wildman–Crippen LogP) is 8.96. The average molecular weight is 685 g/mol. The summed E-state index contributed by atoms with van der Waals surface area (Å²) in [4.78, 5) is 0. The maximum atomic E-state index is 4.58. The Morgan fingerprint density at radius 3 is 2.39 bits per heavy atom. The molecule has 4 aromatic heterocycles. The van der Waals surface area contributed by atoms with Crippen LogP contribution < -0.4 is 0 Å². The van der Waals surface area contributed by atoms with Gasteiger partial charge in [0.1, 0.15) is 0 Å². The van der Waals surface area contributed by atoms with Gasteiger partial charge in [0, 0.05) is 59.4 Å². The fourth-order valence-corrected chi connectivity index (χ4v) is 6.78. The first-order valence-corrected chi connectivity index (χ1v) is 13.5. The summed E-state index contributed by atoms with van der Waals surface area (Å²) in [6.07, 6.45) is 1.87. The minimum Gasteiger partial charge on any atom is -0.341 e. The average Bonchev–Trinajstić information content (AvgIpc) is 3.70. The molecule has 4 heterocycles. The number of hydrogen-bond acceptors (Lipinski definition) is 2. The Morgan fingerprint density at radius 1 is 0.711 bits per heavy atom. The third-order valence-electron chi connectivity index (χ3n) is 7.58. The molecular weight excluding hydrogens is 663 g/mol. The monoisotopic (exact) mass is 685 g/mol. The summed E-state index contributed by atoms with van der Waals surface area (Å²) in [6, 6.07) is 36.7. The fourth-order valence-electron chi connectivity index (χ4n) is 5.86. The third kappa shape index (κ3) is 3.33. The van der Waals surface area contributed by atoms with E-state index in [9.17, 15) is 0 Å². The van der Waals surface area contributed by atoms with Crippen molar-refractivity contribution in [3.8, 4) is 22.3 Å². The second kappa shape index (κ2) is 8.92. The van der Waals surface area contributed by atoms with Crippen LogP contribution in [0.2, 0.25) is 0 Å². The second-order valence-corrected chi connectivity index (χ2v) is 10.4. The maximum Gasteiger partial charge on any atom is 0.0811 e. The smallest absolute Gasteiger partial charge is 0.0811 e. The van der Waals surface area contributed by atoms with Crippen molar-refractivity contribution in [2.75, 3.05) is 0 Å². The summed E-state index contributed by atoms with van der Waals surface area (Å²) in [5.41, 5.74) is 9.55. The van der Waals surface area contributed by atoms with E-state index in [1.54, 1.807) is 11.3 Å². The topological polar surface area (TPSA) is 22.2 Å². The first-order valence-electron chi connectivity index (χ1n) is 12.6. The summed E-state index contributed by atoms with van der Waals surface area (Å²) in [5, 5.41) is 11.8. The van der Waals surface area contributed by atoms with E-state index < -0.39 is 0 Å². The first-order chi connectivity index (χ1) is 18.3. The van der Waals surface area contributed by atoms with E-state index in [0.29, 0.717) is 0 Å². The Morgan fingerprint density at radius 2 is 1.50 bits per heavy atom. The van der Waals surface area contributed by atoms with Gasteiger partial charge in [-0.2, -0.15) is 23.3 Å². The first kappa shape index (κ1) is 23.4. The molecular formula is C33H22IrN3S-. The molecule has 3 nitrogen and oxygen atoms in total. The van der Waals surface area contributed by atoms with Gasteiger partial charge in [0.15, 0.2) is 0 Å². The van der Waals surface area contributed by atoms with Crippen LogP contribution in [0.4, 0.5) is 0 Å². The Hall–Kier alpha value is -3.76. The van der Waals surface area contributed by atoms with Gasteiger partial charge in [-0.3, -0.25) is 4.52 Å². The molecule has 0 atom stereocenters. The van der Waals surface area contributed by atoms with E-state index in [1.807, 2.05) is 10.7 Å². The molecule has 5 heteroatoms. The summed E-state index contributed by atoms with van der Waals surface area (Å²) >= 11 is 1.77. The number of para-hydroxylation sites is 1. The van der Waals surface area contributed by atoms with Crippen LogP contribution in [0.5, 0.6) is 0 Å². The summed E-state index contributed by atoms with van der Waals surface area (Å²) in [5.74, 6) is 0. The Labute approximate surface area is 237 Å². The molecule has 8 aromatic rings. The molecule has 0 aliphatic carbocycles. The zero-order chi connectivity index (χ0) is 24.5. The molecule has 0 saturated heterocycles. The zero-order valence-electron chi connectivity index (χ0n) is 20.6. The fraction of sp³-hybridized carbons (Fsp3) is 0.0606. The van der Waals surface area contributed by atoms with Gasteiger partial charge in [0.2, 0.25) is 0 Å². The maximum absolute atomic E-state index is 4.58. The van der Waals surface area contributed by atoms with Crippen LogP contribution in [0, 0.1) is 6.07 Å². The van der Waals surface area contributed by atoms with E-state index in [4.69, 9.17) is 0 Å². The summed E-state index contributed by atoms with van der Waals surface area (Å²) < 4.78 is 5.68. The van der Waals surface area contributed by atoms with Crippen LogP contribution in [0.15, 0.2) is 103 Å². The summed E-state index contributed by atoms with van der Waals surface area (Å²) in [6.45, 7) is 3.17. The Bertz CT molecular complexity index is 2150. The third-order valence-corrected chi connectivity index (χ3v) is 8.52. The Kier molecular flexibility index (Phi) is 5.48. The van der Waals surface area contributed by atoms with Crippen LogP contribution in [0.3, 0.4) is 0 Å². The number of benzene rings is 4. The second-order valence-electron chi connectivity index (χ2n) is 9.52. The van der Waals surface area contributed by atoms with Crippen LogP contribution in [0.1, 0.15) is 6.92 Å². The number of aryl methyl sites for hydroxylation is 1. The van der Waals surface area contributed by atoms with Gasteiger partial charge in [-0.1, -0.05) is 65.5 Å². The minimum atomic E-state index is 0. The van der Waals surface area contributed by atoms with Crippen molar-refractivity contribution in [2.45, 2.75) is 13.5 Å². The van der Waals surface area contributed by atoms with Crippen molar-refractivity contribution in [1.82, 2.24) is 14.2 Å². The molecule has 1 radical (unpaired) electrons. The van der Waals surface area contributed by atoms with Crippen LogP contribution in [-0.4, -0.2) is 14.2 Å². The molecule has 185 valence electrons. The molecule has 0 amide bonds. The SMILES string of the molecule is CCn1c2ccccc2c2cc(-c3cccc(-c4c[c-]c5c(c4)c4ccsc4c4ccnn54)c3)ccc21.[Ir]. The van der Waals surface area contributed by atoms with Gasteiger partial charge in [-0.05, 0) is 53.2 Å². The van der Waals surface area contributed by atoms with Crippen molar-refractivity contribution in [3.05, 3.63) is 109 Å². The van der Waals surface area contributed by atoms with E-state index in [1.165, 1.54) is 54.0 Å². The molecule has 8 rings (SSSR count). The normalized spacial score (nSPS) is 11.7. The Balaban J connectivity index is 0.00000242. The van der Waals surface area contributed by atoms with E-state index >= 15 is 0 Å². The number of pyridine rings is 1. The molecule has 0 N–H and O–H groups in total. The molecule has 0 bridgehead atoms.